The standard InChI is InChI=1S/C11H8Cl2N6S/c1-20-11-16-9(14)19-10(17-11)15-8(18-19)5-2-3-6(12)7(13)4-5/h2-4H,1H3,(H2,14,15,16,17,18). The quantitative estimate of drug-likeness (QED) is 0.729. The summed E-state index contributed by atoms with van der Waals surface area (Å²) >= 11 is 13.3. The molecule has 3 rings (SSSR count). The van der Waals surface area contributed by atoms with Crippen LogP contribution in [-0.2, 0) is 0 Å². The molecule has 102 valence electrons. The Morgan fingerprint density at radius 3 is 2.65 bits per heavy atom. The monoisotopic (exact) mass is 326 g/mol. The second-order valence-corrected chi connectivity index (χ2v) is 5.43. The molecular weight excluding hydrogens is 319 g/mol. The molecule has 0 saturated heterocycles. The summed E-state index contributed by atoms with van der Waals surface area (Å²) in [7, 11) is 0. The van der Waals surface area contributed by atoms with Crippen LogP contribution in [0.15, 0.2) is 23.4 Å². The average molecular weight is 327 g/mol. The van der Waals surface area contributed by atoms with Gasteiger partial charge in [0.1, 0.15) is 0 Å². The van der Waals surface area contributed by atoms with Gasteiger partial charge in [-0.2, -0.15) is 19.5 Å². The lowest BCUT2D eigenvalue weighted by molar-refractivity contribution is 0.851. The van der Waals surface area contributed by atoms with E-state index in [0.717, 1.165) is 5.56 Å². The number of aromatic nitrogens is 5. The van der Waals surface area contributed by atoms with Crippen molar-refractivity contribution < 1.29 is 0 Å². The molecule has 0 spiro atoms. The van der Waals surface area contributed by atoms with Gasteiger partial charge in [0.15, 0.2) is 11.0 Å². The molecule has 0 radical (unpaired) electrons. The Balaban J connectivity index is 2.17. The highest BCUT2D eigenvalue weighted by atomic mass is 35.5. The average Bonchev–Trinajstić information content (AvgIpc) is 2.86. The van der Waals surface area contributed by atoms with E-state index in [9.17, 15) is 0 Å². The third kappa shape index (κ3) is 2.28. The summed E-state index contributed by atoms with van der Waals surface area (Å²) in [6.45, 7) is 0. The normalized spacial score (nSPS) is 11.2. The van der Waals surface area contributed by atoms with E-state index in [1.54, 1.807) is 18.2 Å². The molecule has 0 fully saturated rings. The van der Waals surface area contributed by atoms with Crippen molar-refractivity contribution in [2.75, 3.05) is 12.0 Å². The molecule has 1 aromatic carbocycles. The molecule has 0 amide bonds. The van der Waals surface area contributed by atoms with Gasteiger partial charge in [0, 0.05) is 5.56 Å². The molecule has 0 aliphatic heterocycles. The Bertz CT molecular complexity index is 803. The molecule has 0 unspecified atom stereocenters. The molecule has 2 N–H and O–H groups in total. The second-order valence-electron chi connectivity index (χ2n) is 3.84. The van der Waals surface area contributed by atoms with Gasteiger partial charge in [-0.1, -0.05) is 35.0 Å². The van der Waals surface area contributed by atoms with Crippen molar-refractivity contribution in [1.29, 1.82) is 0 Å². The van der Waals surface area contributed by atoms with E-state index in [1.165, 1.54) is 16.3 Å². The van der Waals surface area contributed by atoms with Crippen LogP contribution in [0, 0.1) is 0 Å². The number of thioether (sulfide) groups is 1. The van der Waals surface area contributed by atoms with Gasteiger partial charge in [-0.05, 0) is 24.5 Å². The fourth-order valence-corrected chi connectivity index (χ4v) is 2.29. The van der Waals surface area contributed by atoms with Gasteiger partial charge in [0.2, 0.25) is 5.95 Å². The van der Waals surface area contributed by atoms with Gasteiger partial charge in [0.05, 0.1) is 10.0 Å². The maximum atomic E-state index is 5.99. The number of rotatable bonds is 2. The molecule has 2 heterocycles. The van der Waals surface area contributed by atoms with Crippen LogP contribution in [0.2, 0.25) is 10.0 Å². The molecule has 0 saturated carbocycles. The molecule has 0 aliphatic carbocycles. The summed E-state index contributed by atoms with van der Waals surface area (Å²) in [6, 6.07) is 5.16. The molecule has 3 aromatic rings. The van der Waals surface area contributed by atoms with E-state index in [0.29, 0.717) is 26.8 Å². The lowest BCUT2D eigenvalue weighted by Gasteiger charge is -1.98. The highest BCUT2D eigenvalue weighted by molar-refractivity contribution is 7.98. The van der Waals surface area contributed by atoms with Crippen molar-refractivity contribution in [3.8, 4) is 11.4 Å². The maximum Gasteiger partial charge on any atom is 0.258 e. The Hall–Kier alpha value is -1.57. The van der Waals surface area contributed by atoms with Crippen molar-refractivity contribution in [3.05, 3.63) is 28.2 Å². The van der Waals surface area contributed by atoms with Crippen LogP contribution in [0.25, 0.3) is 17.2 Å². The van der Waals surface area contributed by atoms with E-state index in [-0.39, 0.29) is 5.95 Å². The third-order valence-electron chi connectivity index (χ3n) is 2.57. The number of nitrogens with two attached hydrogens (primary N) is 1. The zero-order valence-corrected chi connectivity index (χ0v) is 12.5. The highest BCUT2D eigenvalue weighted by Crippen LogP contribution is 2.27. The Morgan fingerprint density at radius 2 is 1.95 bits per heavy atom. The Kier molecular flexibility index (Phi) is 3.41. The van der Waals surface area contributed by atoms with Gasteiger partial charge in [-0.15, -0.1) is 5.10 Å². The zero-order chi connectivity index (χ0) is 14.3. The number of anilines is 1. The van der Waals surface area contributed by atoms with Gasteiger partial charge in [-0.25, -0.2) is 0 Å². The van der Waals surface area contributed by atoms with E-state index in [1.807, 2.05) is 6.26 Å². The molecule has 6 nitrogen and oxygen atoms in total. The van der Waals surface area contributed by atoms with Gasteiger partial charge < -0.3 is 5.73 Å². The summed E-state index contributed by atoms with van der Waals surface area (Å²) in [5.74, 6) is 1.09. The van der Waals surface area contributed by atoms with Crippen LogP contribution in [0.5, 0.6) is 0 Å². The molecule has 0 bridgehead atoms. The van der Waals surface area contributed by atoms with Crippen LogP contribution in [-0.4, -0.2) is 30.8 Å². The summed E-state index contributed by atoms with van der Waals surface area (Å²) in [6.07, 6.45) is 1.86. The first-order chi connectivity index (χ1) is 9.58. The number of nitrogen functional groups attached to an aromatic ring is 1. The van der Waals surface area contributed by atoms with Crippen LogP contribution in [0.3, 0.4) is 0 Å². The fourth-order valence-electron chi connectivity index (χ4n) is 1.63. The minimum Gasteiger partial charge on any atom is -0.368 e. The van der Waals surface area contributed by atoms with Crippen LogP contribution < -0.4 is 5.73 Å². The number of halogens is 2. The largest absolute Gasteiger partial charge is 0.368 e. The minimum absolute atomic E-state index is 0.234. The zero-order valence-electron chi connectivity index (χ0n) is 10.2. The topological polar surface area (TPSA) is 82.0 Å². The van der Waals surface area contributed by atoms with Crippen molar-refractivity contribution in [2.24, 2.45) is 0 Å². The Labute approximate surface area is 128 Å². The summed E-state index contributed by atoms with van der Waals surface area (Å²) in [5, 5.41) is 5.73. The number of fused-ring (bicyclic) bond motifs is 1. The van der Waals surface area contributed by atoms with Crippen molar-refractivity contribution in [2.45, 2.75) is 5.16 Å². The first kappa shape index (κ1) is 13.4. The number of benzene rings is 1. The van der Waals surface area contributed by atoms with E-state index in [2.05, 4.69) is 20.1 Å². The summed E-state index contributed by atoms with van der Waals surface area (Å²) in [5.41, 5.74) is 6.56. The second kappa shape index (κ2) is 5.08. The van der Waals surface area contributed by atoms with Gasteiger partial charge >= 0.3 is 0 Å². The number of hydrogen-bond acceptors (Lipinski definition) is 6. The lowest BCUT2D eigenvalue weighted by atomic mass is 10.2. The highest BCUT2D eigenvalue weighted by Gasteiger charge is 2.12. The van der Waals surface area contributed by atoms with E-state index < -0.39 is 0 Å². The van der Waals surface area contributed by atoms with E-state index >= 15 is 0 Å². The molecular formula is C11H8Cl2N6S. The summed E-state index contributed by atoms with van der Waals surface area (Å²) in [4.78, 5) is 12.7. The predicted octanol–water partition coefficient (Wildman–Crippen LogP) is 2.80. The van der Waals surface area contributed by atoms with Gasteiger partial charge in [0.25, 0.3) is 5.78 Å². The first-order valence-corrected chi connectivity index (χ1v) is 7.46. The molecule has 20 heavy (non-hydrogen) atoms. The minimum atomic E-state index is 0.234. The van der Waals surface area contributed by atoms with E-state index in [4.69, 9.17) is 28.9 Å². The van der Waals surface area contributed by atoms with Crippen LogP contribution in [0.1, 0.15) is 0 Å². The number of nitrogens with zero attached hydrogens (tertiary/aromatic N) is 5. The van der Waals surface area contributed by atoms with Crippen molar-refractivity contribution in [1.82, 2.24) is 24.6 Å². The first-order valence-electron chi connectivity index (χ1n) is 5.48. The molecule has 9 heteroatoms. The molecule has 0 atom stereocenters. The lowest BCUT2D eigenvalue weighted by Crippen LogP contribution is -2.04. The maximum absolute atomic E-state index is 5.99. The van der Waals surface area contributed by atoms with Gasteiger partial charge in [-0.3, -0.25) is 0 Å². The van der Waals surface area contributed by atoms with Crippen LogP contribution >= 0.6 is 35.0 Å². The number of hydrogen-bond donors (Lipinski definition) is 1. The third-order valence-corrected chi connectivity index (χ3v) is 3.86. The molecule has 0 aliphatic rings. The SMILES string of the molecule is CSc1nc(N)n2nc(-c3ccc(Cl)c(Cl)c3)nc2n1. The fraction of sp³-hybridized carbons (Fsp3) is 0.0909. The molecule has 2 aromatic heterocycles. The van der Waals surface area contributed by atoms with Crippen molar-refractivity contribution in [3.63, 3.8) is 0 Å². The Morgan fingerprint density at radius 1 is 1.15 bits per heavy atom. The smallest absolute Gasteiger partial charge is 0.258 e. The van der Waals surface area contributed by atoms with Crippen LogP contribution in [0.4, 0.5) is 5.95 Å². The van der Waals surface area contributed by atoms with Crippen molar-refractivity contribution >= 4 is 46.7 Å². The predicted molar refractivity (Wildman–Crippen MR) is 80.2 cm³/mol. The summed E-state index contributed by atoms with van der Waals surface area (Å²) < 4.78 is 1.39.